The Labute approximate surface area is 132 Å². The van der Waals surface area contributed by atoms with Gasteiger partial charge >= 0.3 is 5.97 Å². The van der Waals surface area contributed by atoms with E-state index in [0.717, 1.165) is 0 Å². The molecule has 2 aromatic carbocycles. The van der Waals surface area contributed by atoms with Gasteiger partial charge in [0.25, 0.3) is 0 Å². The van der Waals surface area contributed by atoms with Crippen molar-refractivity contribution in [2.75, 3.05) is 0 Å². The number of aromatic nitrogens is 3. The van der Waals surface area contributed by atoms with Gasteiger partial charge in [0.2, 0.25) is 0 Å². The van der Waals surface area contributed by atoms with Crippen molar-refractivity contribution in [1.29, 1.82) is 0 Å². The summed E-state index contributed by atoms with van der Waals surface area (Å²) in [5.41, 5.74) is 1.27. The van der Waals surface area contributed by atoms with Gasteiger partial charge in [-0.25, -0.2) is 9.78 Å². The van der Waals surface area contributed by atoms with Crippen LogP contribution in [0.15, 0.2) is 73.2 Å². The lowest BCUT2D eigenvalue weighted by Crippen LogP contribution is -2.00. The van der Waals surface area contributed by atoms with Crippen molar-refractivity contribution in [1.82, 2.24) is 15.0 Å². The van der Waals surface area contributed by atoms with Crippen molar-refractivity contribution in [3.8, 4) is 0 Å². The van der Waals surface area contributed by atoms with E-state index < -0.39 is 5.97 Å². The van der Waals surface area contributed by atoms with Crippen molar-refractivity contribution < 1.29 is 9.90 Å². The monoisotopic (exact) mass is 303 g/mol. The highest BCUT2D eigenvalue weighted by atomic mass is 16.4. The molecule has 1 N–H and O–H groups in total. The molecule has 0 radical (unpaired) electrons. The number of carbonyl (C=O) groups is 1. The van der Waals surface area contributed by atoms with Crippen molar-refractivity contribution in [3.63, 3.8) is 0 Å². The Morgan fingerprint density at radius 2 is 1.52 bits per heavy atom. The second kappa shape index (κ2) is 6.62. The zero-order valence-corrected chi connectivity index (χ0v) is 12.1. The summed E-state index contributed by atoms with van der Waals surface area (Å²) >= 11 is 0. The summed E-state index contributed by atoms with van der Waals surface area (Å²) in [5, 5.41) is 11.1. The number of benzene rings is 2. The predicted octanol–water partition coefficient (Wildman–Crippen LogP) is 3.56. The van der Waals surface area contributed by atoms with Gasteiger partial charge in [0.05, 0.1) is 17.2 Å². The first-order valence-electron chi connectivity index (χ1n) is 6.98. The molecule has 0 fully saturated rings. The molecule has 0 aliphatic rings. The largest absolute Gasteiger partial charge is 0.476 e. The molecule has 4 aromatic rings. The molecule has 2 heterocycles. The minimum Gasteiger partial charge on any atom is -0.476 e. The summed E-state index contributed by atoms with van der Waals surface area (Å²) in [6.45, 7) is 0. The highest BCUT2D eigenvalue weighted by Crippen LogP contribution is 2.09. The summed E-state index contributed by atoms with van der Waals surface area (Å²) in [6.07, 6.45) is 4.93. The molecule has 0 aliphatic carbocycles. The lowest BCUT2D eigenvalue weighted by Gasteiger charge is -1.96. The van der Waals surface area contributed by atoms with E-state index in [-0.39, 0.29) is 5.69 Å². The van der Waals surface area contributed by atoms with Gasteiger partial charge in [-0.05, 0) is 29.0 Å². The third-order valence-corrected chi connectivity index (χ3v) is 3.22. The van der Waals surface area contributed by atoms with E-state index in [1.807, 2.05) is 36.7 Å². The first-order chi connectivity index (χ1) is 11.2. The Bertz CT molecular complexity index is 905. The van der Waals surface area contributed by atoms with Crippen LogP contribution in [0.5, 0.6) is 0 Å². The van der Waals surface area contributed by atoms with Gasteiger partial charge in [-0.2, -0.15) is 0 Å². The normalized spacial score (nSPS) is 10.1. The fourth-order valence-electron chi connectivity index (χ4n) is 2.09. The van der Waals surface area contributed by atoms with Crippen LogP contribution in [0.4, 0.5) is 0 Å². The van der Waals surface area contributed by atoms with Crippen LogP contribution >= 0.6 is 0 Å². The maximum absolute atomic E-state index is 10.5. The molecular formula is C18H13N3O2. The van der Waals surface area contributed by atoms with E-state index in [2.05, 4.69) is 27.1 Å². The van der Waals surface area contributed by atoms with Crippen LogP contribution in [0.1, 0.15) is 10.5 Å². The van der Waals surface area contributed by atoms with E-state index in [1.54, 1.807) is 18.2 Å². The molecule has 5 heteroatoms. The third-order valence-electron chi connectivity index (χ3n) is 3.22. The SMILES string of the molecule is O=C(O)c1cnc2ccccc2n1.c1ccc2cnccc2c1. The van der Waals surface area contributed by atoms with Crippen LogP contribution < -0.4 is 0 Å². The topological polar surface area (TPSA) is 76.0 Å². The molecule has 5 nitrogen and oxygen atoms in total. The number of carboxylic acids is 1. The number of para-hydroxylation sites is 2. The summed E-state index contributed by atoms with van der Waals surface area (Å²) in [4.78, 5) is 22.4. The molecule has 0 amide bonds. The average Bonchev–Trinajstić information content (AvgIpc) is 2.62. The molecule has 4 rings (SSSR count). The zero-order chi connectivity index (χ0) is 16.1. The number of pyridine rings is 1. The first-order valence-corrected chi connectivity index (χ1v) is 6.98. The maximum atomic E-state index is 10.5. The smallest absolute Gasteiger partial charge is 0.356 e. The quantitative estimate of drug-likeness (QED) is 0.582. The van der Waals surface area contributed by atoms with Crippen molar-refractivity contribution >= 4 is 27.8 Å². The first kappa shape index (κ1) is 14.6. The second-order valence-corrected chi connectivity index (χ2v) is 4.77. The molecular weight excluding hydrogens is 290 g/mol. The van der Waals surface area contributed by atoms with Gasteiger partial charge in [-0.1, -0.05) is 36.4 Å². The van der Waals surface area contributed by atoms with Crippen LogP contribution in [-0.2, 0) is 0 Å². The van der Waals surface area contributed by atoms with Crippen molar-refractivity contribution in [3.05, 3.63) is 78.9 Å². The summed E-state index contributed by atoms with van der Waals surface area (Å²) in [5.74, 6) is -1.06. The van der Waals surface area contributed by atoms with Gasteiger partial charge in [0, 0.05) is 12.4 Å². The van der Waals surface area contributed by atoms with E-state index in [1.165, 1.54) is 17.0 Å². The lowest BCUT2D eigenvalue weighted by molar-refractivity contribution is 0.0690. The molecule has 0 aliphatic heterocycles. The number of nitrogens with zero attached hydrogens (tertiary/aromatic N) is 3. The van der Waals surface area contributed by atoms with Gasteiger partial charge in [-0.15, -0.1) is 0 Å². The minimum atomic E-state index is -1.06. The van der Waals surface area contributed by atoms with Crippen LogP contribution in [0.2, 0.25) is 0 Å². The van der Waals surface area contributed by atoms with E-state index in [0.29, 0.717) is 11.0 Å². The van der Waals surface area contributed by atoms with Crippen molar-refractivity contribution in [2.24, 2.45) is 0 Å². The molecule has 0 spiro atoms. The summed E-state index contributed by atoms with van der Waals surface area (Å²) in [7, 11) is 0. The van der Waals surface area contributed by atoms with Gasteiger partial charge < -0.3 is 5.11 Å². The van der Waals surface area contributed by atoms with Crippen LogP contribution in [0, 0.1) is 0 Å². The molecule has 23 heavy (non-hydrogen) atoms. The van der Waals surface area contributed by atoms with Gasteiger partial charge in [0.15, 0.2) is 5.69 Å². The van der Waals surface area contributed by atoms with Gasteiger partial charge in [0.1, 0.15) is 0 Å². The molecule has 0 saturated carbocycles. The highest BCUT2D eigenvalue weighted by molar-refractivity contribution is 5.87. The number of aromatic carboxylic acids is 1. The summed E-state index contributed by atoms with van der Waals surface area (Å²) < 4.78 is 0. The Kier molecular flexibility index (Phi) is 4.20. The molecule has 0 unspecified atom stereocenters. The van der Waals surface area contributed by atoms with E-state index in [4.69, 9.17) is 5.11 Å². The highest BCUT2D eigenvalue weighted by Gasteiger charge is 2.05. The fraction of sp³-hybridized carbons (Fsp3) is 0. The maximum Gasteiger partial charge on any atom is 0.356 e. The van der Waals surface area contributed by atoms with Crippen molar-refractivity contribution in [2.45, 2.75) is 0 Å². The Hall–Kier alpha value is -3.34. The number of hydrogen-bond donors (Lipinski definition) is 1. The Morgan fingerprint density at radius 3 is 2.26 bits per heavy atom. The standard InChI is InChI=1S/C9H6N2O2.C9H7N/c12-9(13)8-5-10-6-3-1-2-4-7(6)11-8;1-2-4-9-7-10-6-5-8(9)3-1/h1-5H,(H,12,13);1-7H. The Balaban J connectivity index is 0.000000140. The second-order valence-electron chi connectivity index (χ2n) is 4.77. The number of fused-ring (bicyclic) bond motifs is 2. The molecule has 0 atom stereocenters. The molecule has 112 valence electrons. The fourth-order valence-corrected chi connectivity index (χ4v) is 2.09. The summed E-state index contributed by atoms with van der Waals surface area (Å²) in [6, 6.07) is 17.3. The average molecular weight is 303 g/mol. The van der Waals surface area contributed by atoms with Gasteiger partial charge in [-0.3, -0.25) is 9.97 Å². The number of rotatable bonds is 1. The number of hydrogen-bond acceptors (Lipinski definition) is 4. The number of carboxylic acid groups (broad SMARTS) is 1. The lowest BCUT2D eigenvalue weighted by atomic mass is 10.2. The Morgan fingerprint density at radius 1 is 0.826 bits per heavy atom. The molecule has 0 saturated heterocycles. The van der Waals surface area contributed by atoms with Crippen LogP contribution in [-0.4, -0.2) is 26.0 Å². The van der Waals surface area contributed by atoms with E-state index in [9.17, 15) is 4.79 Å². The molecule has 0 bridgehead atoms. The zero-order valence-electron chi connectivity index (χ0n) is 12.1. The predicted molar refractivity (Wildman–Crippen MR) is 88.2 cm³/mol. The van der Waals surface area contributed by atoms with Crippen LogP contribution in [0.25, 0.3) is 21.8 Å². The van der Waals surface area contributed by atoms with E-state index >= 15 is 0 Å². The minimum absolute atomic E-state index is 0.0290. The van der Waals surface area contributed by atoms with Crippen LogP contribution in [0.3, 0.4) is 0 Å². The molecule has 2 aromatic heterocycles. The third kappa shape index (κ3) is 3.47.